The molecule has 0 aromatic heterocycles. The van der Waals surface area contributed by atoms with E-state index in [4.69, 9.17) is 9.26 Å². The number of ether oxygens (including phenoxy) is 1. The molecule has 0 bridgehead atoms. The first-order valence-electron chi connectivity index (χ1n) is 8.10. The molecule has 0 aliphatic heterocycles. The molecule has 24 heavy (non-hydrogen) atoms. The van der Waals surface area contributed by atoms with Crippen molar-refractivity contribution in [1.29, 1.82) is 0 Å². The van der Waals surface area contributed by atoms with E-state index in [0.717, 1.165) is 12.0 Å². The summed E-state index contributed by atoms with van der Waals surface area (Å²) >= 11 is 0. The summed E-state index contributed by atoms with van der Waals surface area (Å²) in [6.45, 7) is 5.50. The van der Waals surface area contributed by atoms with Crippen LogP contribution < -0.4 is 5.32 Å². The van der Waals surface area contributed by atoms with Gasteiger partial charge in [0.15, 0.2) is 0 Å². The zero-order valence-corrected chi connectivity index (χ0v) is 15.2. The van der Waals surface area contributed by atoms with E-state index in [-0.39, 0.29) is 19.5 Å². The molecule has 1 atom stereocenters. The molecule has 0 aliphatic carbocycles. The van der Waals surface area contributed by atoms with E-state index in [1.54, 1.807) is 11.8 Å². The molecule has 8 heteroatoms. The third-order valence-corrected chi connectivity index (χ3v) is 4.58. The monoisotopic (exact) mass is 358 g/mol. The highest BCUT2D eigenvalue weighted by molar-refractivity contribution is 7.52. The van der Waals surface area contributed by atoms with Crippen LogP contribution in [-0.4, -0.2) is 48.4 Å². The smallest absolute Gasteiger partial charge is 0.407 e. The summed E-state index contributed by atoms with van der Waals surface area (Å²) in [5.74, 6) is 0. The number of amides is 1. The van der Waals surface area contributed by atoms with Crippen molar-refractivity contribution in [3.8, 4) is 0 Å². The summed E-state index contributed by atoms with van der Waals surface area (Å²) in [7, 11) is -3.61. The van der Waals surface area contributed by atoms with Crippen molar-refractivity contribution in [3.63, 3.8) is 0 Å². The van der Waals surface area contributed by atoms with Crippen LogP contribution in [0.4, 0.5) is 4.79 Å². The molecule has 0 radical (unpaired) electrons. The van der Waals surface area contributed by atoms with Crippen LogP contribution in [0.15, 0.2) is 30.3 Å². The van der Waals surface area contributed by atoms with Gasteiger partial charge in [0, 0.05) is 13.1 Å². The van der Waals surface area contributed by atoms with Crippen LogP contribution in [0, 0.1) is 0 Å². The minimum absolute atomic E-state index is 0.0462. The van der Waals surface area contributed by atoms with Gasteiger partial charge in [-0.1, -0.05) is 37.3 Å². The minimum atomic E-state index is -3.61. The number of hydrogen-bond acceptors (Lipinski definition) is 5. The van der Waals surface area contributed by atoms with Crippen LogP contribution in [-0.2, 0) is 20.4 Å². The summed E-state index contributed by atoms with van der Waals surface area (Å²) < 4.78 is 21.8. The molecule has 1 rings (SSSR count). The number of nitrogens with one attached hydrogen (secondary N) is 1. The first-order chi connectivity index (χ1) is 11.5. The molecule has 0 saturated carbocycles. The van der Waals surface area contributed by atoms with Gasteiger partial charge in [-0.3, -0.25) is 9.46 Å². The highest BCUT2D eigenvalue weighted by Gasteiger charge is 2.22. The zero-order chi connectivity index (χ0) is 17.8. The van der Waals surface area contributed by atoms with Crippen molar-refractivity contribution < 1.29 is 23.5 Å². The van der Waals surface area contributed by atoms with E-state index in [1.165, 1.54) is 0 Å². The standard InChI is InChI=1S/C16H27N2O5P/c1-3-11-18(14-24(20,21)23-4-2)12-10-17-16(19)22-13-15-8-6-5-7-9-15/h5-9H,3-4,10-14H2,1-2H3,(H,17,19)(H,20,21). The highest BCUT2D eigenvalue weighted by atomic mass is 31.2. The summed E-state index contributed by atoms with van der Waals surface area (Å²) in [6, 6.07) is 9.41. The van der Waals surface area contributed by atoms with E-state index < -0.39 is 13.7 Å². The lowest BCUT2D eigenvalue weighted by molar-refractivity contribution is 0.138. The van der Waals surface area contributed by atoms with Crippen molar-refractivity contribution >= 4 is 13.7 Å². The fraction of sp³-hybridized carbons (Fsp3) is 0.562. The van der Waals surface area contributed by atoms with Crippen molar-refractivity contribution in [2.75, 3.05) is 32.5 Å². The Labute approximate surface area is 143 Å². The van der Waals surface area contributed by atoms with Crippen LogP contribution in [0.2, 0.25) is 0 Å². The third kappa shape index (κ3) is 9.03. The average Bonchev–Trinajstić information content (AvgIpc) is 2.53. The number of benzene rings is 1. The second-order valence-corrected chi connectivity index (χ2v) is 7.12. The van der Waals surface area contributed by atoms with E-state index in [1.807, 2.05) is 37.3 Å². The Kier molecular flexibility index (Phi) is 9.64. The van der Waals surface area contributed by atoms with Crippen molar-refractivity contribution in [1.82, 2.24) is 10.2 Å². The van der Waals surface area contributed by atoms with Crippen LogP contribution in [0.25, 0.3) is 0 Å². The quantitative estimate of drug-likeness (QED) is 0.592. The van der Waals surface area contributed by atoms with Crippen LogP contribution in [0.3, 0.4) is 0 Å². The topological polar surface area (TPSA) is 88.1 Å². The Hall–Kier alpha value is -1.40. The summed E-state index contributed by atoms with van der Waals surface area (Å²) in [5, 5.41) is 2.64. The van der Waals surface area contributed by atoms with Gasteiger partial charge >= 0.3 is 13.7 Å². The minimum Gasteiger partial charge on any atom is -0.445 e. The average molecular weight is 358 g/mol. The molecular weight excluding hydrogens is 331 g/mol. The Morgan fingerprint density at radius 3 is 2.58 bits per heavy atom. The summed E-state index contributed by atoms with van der Waals surface area (Å²) in [4.78, 5) is 23.2. The Balaban J connectivity index is 2.31. The predicted molar refractivity (Wildman–Crippen MR) is 92.8 cm³/mol. The van der Waals surface area contributed by atoms with Crippen LogP contribution >= 0.6 is 7.60 Å². The fourth-order valence-electron chi connectivity index (χ4n) is 2.15. The van der Waals surface area contributed by atoms with E-state index in [9.17, 15) is 14.3 Å². The third-order valence-electron chi connectivity index (χ3n) is 3.16. The Morgan fingerprint density at radius 2 is 1.96 bits per heavy atom. The lowest BCUT2D eigenvalue weighted by Crippen LogP contribution is -2.36. The maximum absolute atomic E-state index is 11.8. The summed E-state index contributed by atoms with van der Waals surface area (Å²) in [6.07, 6.45) is 0.285. The van der Waals surface area contributed by atoms with Gasteiger partial charge in [-0.15, -0.1) is 0 Å². The first-order valence-corrected chi connectivity index (χ1v) is 9.86. The lowest BCUT2D eigenvalue weighted by Gasteiger charge is -2.23. The number of rotatable bonds is 11. The van der Waals surface area contributed by atoms with Gasteiger partial charge in [0.1, 0.15) is 12.9 Å². The van der Waals surface area contributed by atoms with Gasteiger partial charge in [-0.2, -0.15) is 0 Å². The molecule has 7 nitrogen and oxygen atoms in total. The number of carbonyl (C=O) groups is 1. The molecule has 1 unspecified atom stereocenters. The molecule has 1 aromatic rings. The van der Waals surface area contributed by atoms with Crippen molar-refractivity contribution in [2.45, 2.75) is 26.9 Å². The molecule has 0 spiro atoms. The van der Waals surface area contributed by atoms with Gasteiger partial charge in [0.2, 0.25) is 0 Å². The van der Waals surface area contributed by atoms with Gasteiger partial charge in [-0.05, 0) is 25.5 Å². The van der Waals surface area contributed by atoms with Gasteiger partial charge in [0.05, 0.1) is 6.61 Å². The maximum Gasteiger partial charge on any atom is 0.407 e. The van der Waals surface area contributed by atoms with Crippen LogP contribution in [0.5, 0.6) is 0 Å². The largest absolute Gasteiger partial charge is 0.445 e. The fourth-order valence-corrected chi connectivity index (χ4v) is 3.43. The van der Waals surface area contributed by atoms with Crippen molar-refractivity contribution in [2.24, 2.45) is 0 Å². The van der Waals surface area contributed by atoms with Crippen molar-refractivity contribution in [3.05, 3.63) is 35.9 Å². The predicted octanol–water partition coefficient (Wildman–Crippen LogP) is 2.80. The van der Waals surface area contributed by atoms with E-state index in [2.05, 4.69) is 5.32 Å². The lowest BCUT2D eigenvalue weighted by atomic mass is 10.2. The number of hydrogen-bond donors (Lipinski definition) is 2. The molecule has 0 aliphatic rings. The molecule has 136 valence electrons. The number of alkyl carbamates (subject to hydrolysis) is 1. The van der Waals surface area contributed by atoms with E-state index in [0.29, 0.717) is 19.6 Å². The number of carbonyl (C=O) groups excluding carboxylic acids is 1. The van der Waals surface area contributed by atoms with Gasteiger partial charge < -0.3 is 19.5 Å². The molecule has 0 saturated heterocycles. The second-order valence-electron chi connectivity index (χ2n) is 5.30. The Morgan fingerprint density at radius 1 is 1.25 bits per heavy atom. The first kappa shape index (κ1) is 20.6. The highest BCUT2D eigenvalue weighted by Crippen LogP contribution is 2.42. The molecule has 1 aromatic carbocycles. The second kappa shape index (κ2) is 11.2. The van der Waals surface area contributed by atoms with Gasteiger partial charge in [0.25, 0.3) is 0 Å². The number of nitrogens with zero attached hydrogens (tertiary/aromatic N) is 1. The molecule has 0 heterocycles. The van der Waals surface area contributed by atoms with E-state index >= 15 is 0 Å². The molecular formula is C16H27N2O5P. The maximum atomic E-state index is 11.8. The Bertz CT molecular complexity index is 526. The zero-order valence-electron chi connectivity index (χ0n) is 14.3. The summed E-state index contributed by atoms with van der Waals surface area (Å²) in [5.41, 5.74) is 0.915. The normalized spacial score (nSPS) is 13.5. The molecule has 2 N–H and O–H groups in total. The molecule has 0 fully saturated rings. The molecule has 1 amide bonds. The van der Waals surface area contributed by atoms with Crippen LogP contribution in [0.1, 0.15) is 25.8 Å². The van der Waals surface area contributed by atoms with Gasteiger partial charge in [-0.25, -0.2) is 4.79 Å². The SMILES string of the molecule is CCCN(CCNC(=O)OCc1ccccc1)CP(=O)(O)OCC.